The van der Waals surface area contributed by atoms with Gasteiger partial charge < -0.3 is 15.5 Å². The lowest BCUT2D eigenvalue weighted by Gasteiger charge is -2.28. The van der Waals surface area contributed by atoms with E-state index >= 15 is 0 Å². The molecule has 0 bridgehead atoms. The van der Waals surface area contributed by atoms with Crippen molar-refractivity contribution in [3.05, 3.63) is 50.6 Å². The summed E-state index contributed by atoms with van der Waals surface area (Å²) in [5, 5.41) is 7.18. The molecule has 4 nitrogen and oxygen atoms in total. The van der Waals surface area contributed by atoms with Gasteiger partial charge in [-0.25, -0.2) is 4.39 Å². The average molecular weight is 352 g/mol. The highest BCUT2D eigenvalue weighted by molar-refractivity contribution is 7.16. The van der Waals surface area contributed by atoms with E-state index in [-0.39, 0.29) is 11.5 Å². The minimum absolute atomic E-state index is 0.162. The zero-order chi connectivity index (χ0) is 16.1. The number of nitrogens with one attached hydrogen (secondary N) is 2. The molecule has 4 rings (SSSR count). The number of likely N-dealkylation sites (N-methyl/N-ethyl adjacent to an activating group) is 1. The minimum atomic E-state index is -0.651. The second kappa shape index (κ2) is 5.47. The molecule has 0 fully saturated rings. The first-order valence-electron chi connectivity index (χ1n) is 7.39. The number of benzene rings is 1. The molecule has 3 heterocycles. The monoisotopic (exact) mass is 351 g/mol. The summed E-state index contributed by atoms with van der Waals surface area (Å²) in [4.78, 5) is 16.0. The van der Waals surface area contributed by atoms with E-state index in [0.717, 1.165) is 30.1 Å². The molecule has 2 aliphatic heterocycles. The van der Waals surface area contributed by atoms with Crippen molar-refractivity contribution in [2.45, 2.75) is 19.1 Å². The number of hydrogen-bond donors (Lipinski definition) is 2. The van der Waals surface area contributed by atoms with Crippen LogP contribution in [0.3, 0.4) is 0 Å². The van der Waals surface area contributed by atoms with Crippen molar-refractivity contribution in [2.75, 3.05) is 18.9 Å². The zero-order valence-corrected chi connectivity index (χ0v) is 14.0. The van der Waals surface area contributed by atoms with Crippen molar-refractivity contribution in [1.82, 2.24) is 10.2 Å². The van der Waals surface area contributed by atoms with Crippen molar-refractivity contribution in [2.24, 2.45) is 0 Å². The molecule has 1 aromatic carbocycles. The van der Waals surface area contributed by atoms with Crippen LogP contribution in [0.25, 0.3) is 0 Å². The Kier molecular flexibility index (Phi) is 3.55. The Morgan fingerprint density at radius 2 is 2.22 bits per heavy atom. The van der Waals surface area contributed by atoms with Crippen molar-refractivity contribution < 1.29 is 9.18 Å². The molecule has 1 aromatic heterocycles. The van der Waals surface area contributed by atoms with Crippen molar-refractivity contribution >= 4 is 33.8 Å². The molecule has 7 heteroatoms. The second-order valence-corrected chi connectivity index (χ2v) is 7.39. The number of hydrogen-bond acceptors (Lipinski definition) is 4. The van der Waals surface area contributed by atoms with Gasteiger partial charge >= 0.3 is 0 Å². The van der Waals surface area contributed by atoms with Crippen LogP contribution in [0.4, 0.5) is 9.39 Å². The molecule has 2 aromatic rings. The minimum Gasteiger partial charge on any atom is -0.352 e. The lowest BCUT2D eigenvalue weighted by atomic mass is 10.0. The number of fused-ring (bicyclic) bond motifs is 3. The van der Waals surface area contributed by atoms with Gasteiger partial charge in [-0.3, -0.25) is 4.79 Å². The van der Waals surface area contributed by atoms with Crippen LogP contribution in [-0.4, -0.2) is 24.4 Å². The van der Waals surface area contributed by atoms with Gasteiger partial charge in [0.1, 0.15) is 17.0 Å². The first kappa shape index (κ1) is 14.9. The van der Waals surface area contributed by atoms with Crippen LogP contribution in [-0.2, 0) is 13.0 Å². The normalized spacial score (nSPS) is 20.5. The molecule has 1 amide bonds. The number of amides is 1. The van der Waals surface area contributed by atoms with Crippen molar-refractivity contribution in [3.8, 4) is 0 Å². The van der Waals surface area contributed by atoms with Crippen LogP contribution >= 0.6 is 22.9 Å². The molecule has 0 aliphatic carbocycles. The number of rotatable bonds is 1. The van der Waals surface area contributed by atoms with E-state index in [2.05, 4.69) is 22.6 Å². The number of thiophene rings is 1. The summed E-state index contributed by atoms with van der Waals surface area (Å²) < 4.78 is 14.1. The fourth-order valence-electron chi connectivity index (χ4n) is 3.17. The Hall–Kier alpha value is -1.63. The van der Waals surface area contributed by atoms with Gasteiger partial charge in [0, 0.05) is 23.5 Å². The first-order chi connectivity index (χ1) is 11.0. The Morgan fingerprint density at radius 3 is 3.00 bits per heavy atom. The molecule has 0 radical (unpaired) electrons. The maximum Gasteiger partial charge on any atom is 0.256 e. The van der Waals surface area contributed by atoms with E-state index in [1.165, 1.54) is 10.9 Å². The van der Waals surface area contributed by atoms with E-state index in [4.69, 9.17) is 11.6 Å². The third-order valence-corrected chi connectivity index (χ3v) is 5.79. The fraction of sp³-hybridized carbons (Fsp3) is 0.312. The molecule has 23 heavy (non-hydrogen) atoms. The molecule has 0 saturated heterocycles. The first-order valence-corrected chi connectivity index (χ1v) is 8.58. The molecule has 0 spiro atoms. The summed E-state index contributed by atoms with van der Waals surface area (Å²) in [6.45, 7) is 1.78. The van der Waals surface area contributed by atoms with Gasteiger partial charge in [0.2, 0.25) is 0 Å². The Balaban J connectivity index is 1.75. The van der Waals surface area contributed by atoms with Crippen LogP contribution in [0.5, 0.6) is 0 Å². The van der Waals surface area contributed by atoms with E-state index in [1.54, 1.807) is 23.5 Å². The Labute approximate surface area is 142 Å². The lowest BCUT2D eigenvalue weighted by molar-refractivity contribution is 0.0934. The van der Waals surface area contributed by atoms with Crippen molar-refractivity contribution in [3.63, 3.8) is 0 Å². The number of nitrogens with zero attached hydrogens (tertiary/aromatic N) is 1. The third-order valence-electron chi connectivity index (χ3n) is 4.31. The quantitative estimate of drug-likeness (QED) is 0.827. The number of carbonyl (C=O) groups is 1. The van der Waals surface area contributed by atoms with Gasteiger partial charge in [-0.1, -0.05) is 17.7 Å². The molecule has 2 N–H and O–H groups in total. The van der Waals surface area contributed by atoms with Gasteiger partial charge in [0.15, 0.2) is 0 Å². The maximum absolute atomic E-state index is 14.1. The molecular weight excluding hydrogens is 337 g/mol. The molecule has 1 atom stereocenters. The molecule has 0 saturated carbocycles. The summed E-state index contributed by atoms with van der Waals surface area (Å²) in [6.07, 6.45) is 0.208. The predicted octanol–water partition coefficient (Wildman–Crippen LogP) is 3.38. The maximum atomic E-state index is 14.1. The smallest absolute Gasteiger partial charge is 0.256 e. The zero-order valence-electron chi connectivity index (χ0n) is 12.5. The fourth-order valence-corrected chi connectivity index (χ4v) is 4.80. The van der Waals surface area contributed by atoms with Gasteiger partial charge in [-0.2, -0.15) is 0 Å². The summed E-state index contributed by atoms with van der Waals surface area (Å²) >= 11 is 7.70. The number of carbonyl (C=O) groups excluding carboxylic acids is 1. The van der Waals surface area contributed by atoms with Gasteiger partial charge in [-0.05, 0) is 31.2 Å². The molecular formula is C16H15ClFN3OS. The van der Waals surface area contributed by atoms with Gasteiger partial charge in [-0.15, -0.1) is 11.3 Å². The summed E-state index contributed by atoms with van der Waals surface area (Å²) in [5.41, 5.74) is 2.10. The largest absolute Gasteiger partial charge is 0.352 e. The highest BCUT2D eigenvalue weighted by Gasteiger charge is 2.34. The van der Waals surface area contributed by atoms with Crippen LogP contribution < -0.4 is 10.6 Å². The van der Waals surface area contributed by atoms with E-state index < -0.39 is 12.0 Å². The summed E-state index contributed by atoms with van der Waals surface area (Å²) in [7, 11) is 2.07. The van der Waals surface area contributed by atoms with Crippen LogP contribution in [0.15, 0.2) is 18.2 Å². The van der Waals surface area contributed by atoms with Gasteiger partial charge in [0.25, 0.3) is 5.91 Å². The third kappa shape index (κ3) is 2.41. The van der Waals surface area contributed by atoms with E-state index in [1.807, 2.05) is 0 Å². The van der Waals surface area contributed by atoms with Gasteiger partial charge in [0.05, 0.1) is 10.6 Å². The SMILES string of the molecule is CN1CCc2c(sc3c2C(=O)NC(c2c(F)cccc2Cl)N3)C1. The van der Waals surface area contributed by atoms with Crippen LogP contribution in [0.1, 0.15) is 32.5 Å². The van der Waals surface area contributed by atoms with Crippen LogP contribution in [0, 0.1) is 5.82 Å². The molecule has 1 unspecified atom stereocenters. The Bertz CT molecular complexity index is 787. The summed E-state index contributed by atoms with van der Waals surface area (Å²) in [5.74, 6) is -0.593. The topological polar surface area (TPSA) is 44.4 Å². The highest BCUT2D eigenvalue weighted by atomic mass is 35.5. The molecule has 2 aliphatic rings. The lowest BCUT2D eigenvalue weighted by Crippen LogP contribution is -2.39. The highest BCUT2D eigenvalue weighted by Crippen LogP contribution is 2.41. The number of halogens is 2. The van der Waals surface area contributed by atoms with Crippen LogP contribution in [0.2, 0.25) is 5.02 Å². The van der Waals surface area contributed by atoms with Crippen molar-refractivity contribution in [1.29, 1.82) is 0 Å². The predicted molar refractivity (Wildman–Crippen MR) is 89.6 cm³/mol. The standard InChI is InChI=1S/C16H15ClFN3OS/c1-21-6-5-8-11(7-21)23-16-12(8)15(22)19-14(20-16)13-9(17)3-2-4-10(13)18/h2-4,14,20H,5-7H2,1H3,(H,19,22). The average Bonchev–Trinajstić information content (AvgIpc) is 2.84. The van der Waals surface area contributed by atoms with E-state index in [9.17, 15) is 9.18 Å². The molecule has 120 valence electrons. The number of anilines is 1. The second-order valence-electron chi connectivity index (χ2n) is 5.88. The summed E-state index contributed by atoms with van der Waals surface area (Å²) in [6, 6.07) is 4.52. The van der Waals surface area contributed by atoms with E-state index in [0.29, 0.717) is 10.6 Å². The Morgan fingerprint density at radius 1 is 1.39 bits per heavy atom.